The molecule has 3 N–H and O–H groups in total. The van der Waals surface area contributed by atoms with Crippen LogP contribution in [-0.4, -0.2) is 33.1 Å². The third-order valence-corrected chi connectivity index (χ3v) is 3.94. The predicted octanol–water partition coefficient (Wildman–Crippen LogP) is 1.36. The first kappa shape index (κ1) is 15.5. The number of aromatic carboxylic acids is 1. The number of hydrogen-bond acceptors (Lipinski definition) is 4. The Morgan fingerprint density at radius 3 is 2.47 bits per heavy atom. The molecule has 6 nitrogen and oxygen atoms in total. The van der Waals surface area contributed by atoms with Crippen LogP contribution < -0.4 is 10.0 Å². The van der Waals surface area contributed by atoms with Crippen molar-refractivity contribution in [3.8, 4) is 0 Å². The van der Waals surface area contributed by atoms with Crippen molar-refractivity contribution in [3.63, 3.8) is 0 Å². The maximum atomic E-state index is 11.9. The van der Waals surface area contributed by atoms with Crippen LogP contribution in [0.25, 0.3) is 0 Å². The van der Waals surface area contributed by atoms with Crippen molar-refractivity contribution in [3.05, 3.63) is 23.8 Å². The van der Waals surface area contributed by atoms with Crippen molar-refractivity contribution in [2.24, 2.45) is 5.92 Å². The van der Waals surface area contributed by atoms with Gasteiger partial charge in [-0.2, -0.15) is 0 Å². The average molecular weight is 286 g/mol. The van der Waals surface area contributed by atoms with Crippen molar-refractivity contribution < 1.29 is 18.3 Å². The second kappa shape index (κ2) is 6.03. The first-order valence-corrected chi connectivity index (χ1v) is 7.31. The van der Waals surface area contributed by atoms with Crippen molar-refractivity contribution in [2.45, 2.75) is 18.7 Å². The largest absolute Gasteiger partial charge is 0.478 e. The van der Waals surface area contributed by atoms with E-state index in [-0.39, 0.29) is 10.5 Å². The maximum Gasteiger partial charge on any atom is 0.335 e. The number of rotatable bonds is 6. The van der Waals surface area contributed by atoms with Crippen LogP contribution in [0.1, 0.15) is 24.2 Å². The lowest BCUT2D eigenvalue weighted by molar-refractivity contribution is 0.0696. The molecular weight excluding hydrogens is 268 g/mol. The Hall–Kier alpha value is -1.60. The molecule has 0 heterocycles. The molecule has 106 valence electrons. The Labute approximate surface area is 112 Å². The van der Waals surface area contributed by atoms with Crippen LogP contribution >= 0.6 is 0 Å². The number of sulfonamides is 1. The Balaban J connectivity index is 3.27. The van der Waals surface area contributed by atoms with Crippen LogP contribution in [0.5, 0.6) is 0 Å². The molecule has 0 aliphatic heterocycles. The summed E-state index contributed by atoms with van der Waals surface area (Å²) in [4.78, 5) is 10.9. The highest BCUT2D eigenvalue weighted by molar-refractivity contribution is 7.89. The molecule has 0 atom stereocenters. The molecule has 1 rings (SSSR count). The summed E-state index contributed by atoms with van der Waals surface area (Å²) in [6, 6.07) is 3.99. The van der Waals surface area contributed by atoms with Gasteiger partial charge in [-0.05, 0) is 31.2 Å². The summed E-state index contributed by atoms with van der Waals surface area (Å²) in [5.41, 5.74) is 0.331. The standard InChI is InChI=1S/C12H18N2O4S/c1-8(2)7-14-10-5-4-9(12(15)16)6-11(10)19(17,18)13-3/h4-6,8,13-14H,7H2,1-3H3,(H,15,16). The number of carboxylic acid groups (broad SMARTS) is 1. The van der Waals surface area contributed by atoms with Gasteiger partial charge in [0, 0.05) is 6.54 Å². The molecule has 0 unspecified atom stereocenters. The van der Waals surface area contributed by atoms with E-state index < -0.39 is 16.0 Å². The molecule has 7 heteroatoms. The molecule has 0 aliphatic carbocycles. The summed E-state index contributed by atoms with van der Waals surface area (Å²) in [5.74, 6) is -0.827. The second-order valence-corrected chi connectivity index (χ2v) is 6.35. The van der Waals surface area contributed by atoms with Gasteiger partial charge in [0.25, 0.3) is 0 Å². The lowest BCUT2D eigenvalue weighted by Gasteiger charge is -2.14. The van der Waals surface area contributed by atoms with Gasteiger partial charge in [-0.25, -0.2) is 17.9 Å². The molecule has 0 radical (unpaired) electrons. The number of carbonyl (C=O) groups is 1. The van der Waals surface area contributed by atoms with Gasteiger partial charge in [-0.3, -0.25) is 0 Å². The van der Waals surface area contributed by atoms with Gasteiger partial charge in [0.15, 0.2) is 0 Å². The van der Waals surface area contributed by atoms with Gasteiger partial charge in [-0.1, -0.05) is 13.8 Å². The lowest BCUT2D eigenvalue weighted by atomic mass is 10.2. The molecule has 19 heavy (non-hydrogen) atoms. The molecule has 0 saturated heterocycles. The quantitative estimate of drug-likeness (QED) is 0.734. The van der Waals surface area contributed by atoms with E-state index in [0.29, 0.717) is 18.2 Å². The fourth-order valence-electron chi connectivity index (χ4n) is 1.45. The van der Waals surface area contributed by atoms with Crippen molar-refractivity contribution in [1.29, 1.82) is 0 Å². The highest BCUT2D eigenvalue weighted by Gasteiger charge is 2.19. The molecule has 1 aromatic rings. The van der Waals surface area contributed by atoms with Gasteiger partial charge in [0.1, 0.15) is 4.90 Å². The van der Waals surface area contributed by atoms with Crippen molar-refractivity contribution >= 4 is 21.7 Å². The van der Waals surface area contributed by atoms with E-state index in [1.165, 1.54) is 19.2 Å². The number of nitrogens with one attached hydrogen (secondary N) is 2. The van der Waals surface area contributed by atoms with Crippen LogP contribution in [0.2, 0.25) is 0 Å². The summed E-state index contributed by atoms with van der Waals surface area (Å²) >= 11 is 0. The van der Waals surface area contributed by atoms with Crippen LogP contribution in [0, 0.1) is 5.92 Å². The van der Waals surface area contributed by atoms with Crippen LogP contribution in [0.15, 0.2) is 23.1 Å². The van der Waals surface area contributed by atoms with E-state index in [4.69, 9.17) is 5.11 Å². The minimum absolute atomic E-state index is 0.0597. The number of hydrogen-bond donors (Lipinski definition) is 3. The van der Waals surface area contributed by atoms with Gasteiger partial charge >= 0.3 is 5.97 Å². The van der Waals surface area contributed by atoms with E-state index in [1.807, 2.05) is 13.8 Å². The molecule has 0 saturated carbocycles. The van der Waals surface area contributed by atoms with E-state index in [9.17, 15) is 13.2 Å². The minimum Gasteiger partial charge on any atom is -0.478 e. The zero-order valence-electron chi connectivity index (χ0n) is 11.1. The third kappa shape index (κ3) is 3.93. The number of benzene rings is 1. The summed E-state index contributed by atoms with van der Waals surface area (Å²) in [6.45, 7) is 4.58. The smallest absolute Gasteiger partial charge is 0.335 e. The molecule has 0 amide bonds. The summed E-state index contributed by atoms with van der Waals surface area (Å²) < 4.78 is 26.0. The zero-order chi connectivity index (χ0) is 14.6. The molecule has 0 spiro atoms. The lowest BCUT2D eigenvalue weighted by Crippen LogP contribution is -2.21. The van der Waals surface area contributed by atoms with Crippen molar-refractivity contribution in [2.75, 3.05) is 18.9 Å². The highest BCUT2D eigenvalue weighted by atomic mass is 32.2. The maximum absolute atomic E-state index is 11.9. The van der Waals surface area contributed by atoms with E-state index in [0.717, 1.165) is 6.07 Å². The molecule has 1 aromatic carbocycles. The van der Waals surface area contributed by atoms with E-state index in [2.05, 4.69) is 10.0 Å². The van der Waals surface area contributed by atoms with Crippen LogP contribution in [0.3, 0.4) is 0 Å². The molecule has 0 aromatic heterocycles. The van der Waals surface area contributed by atoms with Gasteiger partial charge in [0.05, 0.1) is 11.3 Å². The third-order valence-electron chi connectivity index (χ3n) is 2.49. The fourth-order valence-corrected chi connectivity index (χ4v) is 2.38. The van der Waals surface area contributed by atoms with Gasteiger partial charge in [-0.15, -0.1) is 0 Å². The Morgan fingerprint density at radius 2 is 2.00 bits per heavy atom. The second-order valence-electron chi connectivity index (χ2n) is 4.50. The van der Waals surface area contributed by atoms with Crippen LogP contribution in [-0.2, 0) is 10.0 Å². The number of anilines is 1. The summed E-state index contributed by atoms with van der Waals surface area (Å²) in [6.07, 6.45) is 0. The van der Waals surface area contributed by atoms with Crippen LogP contribution in [0.4, 0.5) is 5.69 Å². The Kier molecular flexibility index (Phi) is 4.90. The minimum atomic E-state index is -3.71. The molecular formula is C12H18N2O4S. The Morgan fingerprint density at radius 1 is 1.37 bits per heavy atom. The first-order chi connectivity index (χ1) is 8.77. The fraction of sp³-hybridized carbons (Fsp3) is 0.417. The van der Waals surface area contributed by atoms with Crippen molar-refractivity contribution in [1.82, 2.24) is 4.72 Å². The van der Waals surface area contributed by atoms with E-state index in [1.54, 1.807) is 0 Å². The van der Waals surface area contributed by atoms with Gasteiger partial charge in [0.2, 0.25) is 10.0 Å². The van der Waals surface area contributed by atoms with E-state index >= 15 is 0 Å². The normalized spacial score (nSPS) is 11.6. The molecule has 0 aliphatic rings. The Bertz CT molecular complexity index is 567. The summed E-state index contributed by atoms with van der Waals surface area (Å²) in [7, 11) is -2.42. The monoisotopic (exact) mass is 286 g/mol. The molecule has 0 bridgehead atoms. The topological polar surface area (TPSA) is 95.5 Å². The SMILES string of the molecule is CNS(=O)(=O)c1cc(C(=O)O)ccc1NCC(C)C. The summed E-state index contributed by atoms with van der Waals surface area (Å²) in [5, 5.41) is 11.9. The zero-order valence-corrected chi connectivity index (χ0v) is 11.9. The molecule has 0 fully saturated rings. The highest BCUT2D eigenvalue weighted by Crippen LogP contribution is 2.23. The predicted molar refractivity (Wildman–Crippen MR) is 73.0 cm³/mol. The first-order valence-electron chi connectivity index (χ1n) is 5.82. The van der Waals surface area contributed by atoms with Gasteiger partial charge < -0.3 is 10.4 Å². The average Bonchev–Trinajstić information content (AvgIpc) is 2.35. The number of carboxylic acids is 1.